The van der Waals surface area contributed by atoms with Gasteiger partial charge in [-0.2, -0.15) is 0 Å². The third-order valence-corrected chi connectivity index (χ3v) is 3.10. The lowest BCUT2D eigenvalue weighted by Gasteiger charge is -2.10. The Bertz CT molecular complexity index is 458. The first-order valence-electron chi connectivity index (χ1n) is 6.03. The number of nitrogens with zero attached hydrogens (tertiary/aromatic N) is 1. The lowest BCUT2D eigenvalue weighted by Crippen LogP contribution is -1.99. The fraction of sp³-hybridized carbons (Fsp3) is 0.333. The van der Waals surface area contributed by atoms with Crippen molar-refractivity contribution in [1.82, 2.24) is 0 Å². The summed E-state index contributed by atoms with van der Waals surface area (Å²) in [5.41, 5.74) is 1.89. The van der Waals surface area contributed by atoms with Crippen molar-refractivity contribution in [3.8, 4) is 0 Å². The zero-order chi connectivity index (χ0) is 13.7. The van der Waals surface area contributed by atoms with Gasteiger partial charge in [0.1, 0.15) is 0 Å². The van der Waals surface area contributed by atoms with Crippen LogP contribution >= 0.6 is 0 Å². The SMILES string of the molecule is C=C(/C=C\C(C)C(C)C)c1ccc([N+](=O)[O-])cc1. The Kier molecular flexibility index (Phi) is 4.84. The van der Waals surface area contributed by atoms with Crippen LogP contribution in [0.15, 0.2) is 43.0 Å². The maximum Gasteiger partial charge on any atom is 0.269 e. The largest absolute Gasteiger partial charge is 0.269 e. The molecule has 1 rings (SSSR count). The Morgan fingerprint density at radius 2 is 1.83 bits per heavy atom. The minimum Gasteiger partial charge on any atom is -0.258 e. The summed E-state index contributed by atoms with van der Waals surface area (Å²) in [6.45, 7) is 10.5. The highest BCUT2D eigenvalue weighted by atomic mass is 16.6. The minimum atomic E-state index is -0.400. The molecular weight excluding hydrogens is 226 g/mol. The van der Waals surface area contributed by atoms with Crippen molar-refractivity contribution in [2.45, 2.75) is 20.8 Å². The maximum atomic E-state index is 10.5. The monoisotopic (exact) mass is 245 g/mol. The summed E-state index contributed by atoms with van der Waals surface area (Å²) in [7, 11) is 0. The molecule has 0 bridgehead atoms. The molecule has 3 heteroatoms. The molecule has 0 spiro atoms. The van der Waals surface area contributed by atoms with E-state index in [4.69, 9.17) is 0 Å². The molecule has 0 fully saturated rings. The third kappa shape index (κ3) is 3.84. The lowest BCUT2D eigenvalue weighted by atomic mass is 9.96. The number of nitro benzene ring substituents is 1. The molecule has 0 aliphatic carbocycles. The zero-order valence-electron chi connectivity index (χ0n) is 11.1. The van der Waals surface area contributed by atoms with Gasteiger partial charge in [0.15, 0.2) is 0 Å². The van der Waals surface area contributed by atoms with Gasteiger partial charge in [-0.1, -0.05) is 39.5 Å². The highest BCUT2D eigenvalue weighted by Crippen LogP contribution is 2.20. The predicted octanol–water partition coefficient (Wildman–Crippen LogP) is 4.46. The molecule has 0 N–H and O–H groups in total. The van der Waals surface area contributed by atoms with Crippen molar-refractivity contribution in [1.29, 1.82) is 0 Å². The molecule has 0 aliphatic rings. The van der Waals surface area contributed by atoms with Crippen LogP contribution in [0.1, 0.15) is 26.3 Å². The Balaban J connectivity index is 2.76. The smallest absolute Gasteiger partial charge is 0.258 e. The quantitative estimate of drug-likeness (QED) is 0.437. The van der Waals surface area contributed by atoms with Gasteiger partial charge in [-0.3, -0.25) is 10.1 Å². The second kappa shape index (κ2) is 6.15. The average Bonchev–Trinajstić information content (AvgIpc) is 2.35. The lowest BCUT2D eigenvalue weighted by molar-refractivity contribution is -0.384. The van der Waals surface area contributed by atoms with E-state index in [9.17, 15) is 10.1 Å². The summed E-state index contributed by atoms with van der Waals surface area (Å²) in [6, 6.07) is 6.45. The molecule has 0 saturated heterocycles. The van der Waals surface area contributed by atoms with Crippen molar-refractivity contribution >= 4 is 11.3 Å². The summed E-state index contributed by atoms with van der Waals surface area (Å²) >= 11 is 0. The summed E-state index contributed by atoms with van der Waals surface area (Å²) in [4.78, 5) is 10.1. The number of rotatable bonds is 5. The number of benzene rings is 1. The van der Waals surface area contributed by atoms with Crippen LogP contribution < -0.4 is 0 Å². The van der Waals surface area contributed by atoms with Gasteiger partial charge in [-0.25, -0.2) is 0 Å². The van der Waals surface area contributed by atoms with E-state index in [1.54, 1.807) is 12.1 Å². The van der Waals surface area contributed by atoms with Crippen LogP contribution in [0, 0.1) is 22.0 Å². The molecule has 3 nitrogen and oxygen atoms in total. The van der Waals surface area contributed by atoms with E-state index in [2.05, 4.69) is 33.4 Å². The van der Waals surface area contributed by atoms with Gasteiger partial charge in [0, 0.05) is 12.1 Å². The van der Waals surface area contributed by atoms with E-state index < -0.39 is 4.92 Å². The van der Waals surface area contributed by atoms with Gasteiger partial charge < -0.3 is 0 Å². The fourth-order valence-electron chi connectivity index (χ4n) is 1.38. The maximum absolute atomic E-state index is 10.5. The van der Waals surface area contributed by atoms with Crippen molar-refractivity contribution < 1.29 is 4.92 Å². The van der Waals surface area contributed by atoms with Crippen molar-refractivity contribution in [3.05, 3.63) is 58.7 Å². The van der Waals surface area contributed by atoms with Crippen LogP contribution in [0.25, 0.3) is 5.57 Å². The van der Waals surface area contributed by atoms with Crippen molar-refractivity contribution in [2.24, 2.45) is 11.8 Å². The number of allylic oxidation sites excluding steroid dienone is 3. The van der Waals surface area contributed by atoms with Gasteiger partial charge in [0.05, 0.1) is 4.92 Å². The number of hydrogen-bond acceptors (Lipinski definition) is 2. The predicted molar refractivity (Wildman–Crippen MR) is 75.3 cm³/mol. The van der Waals surface area contributed by atoms with Crippen molar-refractivity contribution in [3.63, 3.8) is 0 Å². The molecule has 1 aromatic rings. The molecule has 0 aliphatic heterocycles. The Hall–Kier alpha value is -1.90. The molecule has 1 aromatic carbocycles. The molecule has 0 aromatic heterocycles. The zero-order valence-corrected chi connectivity index (χ0v) is 11.1. The van der Waals surface area contributed by atoms with Crippen LogP contribution in [0.2, 0.25) is 0 Å². The van der Waals surface area contributed by atoms with Gasteiger partial charge >= 0.3 is 0 Å². The first kappa shape index (κ1) is 14.2. The van der Waals surface area contributed by atoms with Gasteiger partial charge in [0.25, 0.3) is 5.69 Å². The molecule has 0 amide bonds. The molecule has 0 heterocycles. The van der Waals surface area contributed by atoms with Crippen LogP contribution in [0.5, 0.6) is 0 Å². The molecule has 96 valence electrons. The highest BCUT2D eigenvalue weighted by molar-refractivity contribution is 5.72. The van der Waals surface area contributed by atoms with Crippen LogP contribution in [0.3, 0.4) is 0 Å². The number of non-ortho nitro benzene ring substituents is 1. The van der Waals surface area contributed by atoms with Gasteiger partial charge in [-0.15, -0.1) is 0 Å². The van der Waals surface area contributed by atoms with Crippen LogP contribution in [-0.4, -0.2) is 4.92 Å². The second-order valence-electron chi connectivity index (χ2n) is 4.79. The van der Waals surface area contributed by atoms with E-state index in [0.717, 1.165) is 11.1 Å². The fourth-order valence-corrected chi connectivity index (χ4v) is 1.38. The minimum absolute atomic E-state index is 0.103. The Morgan fingerprint density at radius 3 is 2.28 bits per heavy atom. The summed E-state index contributed by atoms with van der Waals surface area (Å²) in [5.74, 6) is 1.07. The molecular formula is C15H19NO2. The van der Waals surface area contributed by atoms with E-state index in [1.807, 2.05) is 6.08 Å². The second-order valence-corrected chi connectivity index (χ2v) is 4.79. The molecule has 1 unspecified atom stereocenters. The summed E-state index contributed by atoms with van der Waals surface area (Å²) in [5, 5.41) is 10.5. The molecule has 0 radical (unpaired) electrons. The van der Waals surface area contributed by atoms with E-state index >= 15 is 0 Å². The Morgan fingerprint density at radius 1 is 1.28 bits per heavy atom. The Labute approximate surface area is 108 Å². The molecule has 1 atom stereocenters. The topological polar surface area (TPSA) is 43.1 Å². The van der Waals surface area contributed by atoms with Crippen LogP contribution in [0.4, 0.5) is 5.69 Å². The van der Waals surface area contributed by atoms with Crippen molar-refractivity contribution in [2.75, 3.05) is 0 Å². The van der Waals surface area contributed by atoms with Gasteiger partial charge in [-0.05, 0) is 35.1 Å². The van der Waals surface area contributed by atoms with Crippen LogP contribution in [-0.2, 0) is 0 Å². The number of nitro groups is 1. The number of hydrogen-bond donors (Lipinski definition) is 0. The standard InChI is InChI=1S/C15H19NO2/c1-11(2)12(3)5-6-13(4)14-7-9-15(10-8-14)16(17)18/h5-12H,4H2,1-3H3/b6-5-. The highest BCUT2D eigenvalue weighted by Gasteiger charge is 2.05. The molecule has 18 heavy (non-hydrogen) atoms. The van der Waals surface area contributed by atoms with Gasteiger partial charge in [0.2, 0.25) is 0 Å². The summed E-state index contributed by atoms with van der Waals surface area (Å²) < 4.78 is 0. The van der Waals surface area contributed by atoms with E-state index in [-0.39, 0.29) is 5.69 Å². The summed E-state index contributed by atoms with van der Waals surface area (Å²) in [6.07, 6.45) is 4.10. The van der Waals surface area contributed by atoms with E-state index in [0.29, 0.717) is 11.8 Å². The van der Waals surface area contributed by atoms with E-state index in [1.165, 1.54) is 12.1 Å². The first-order valence-corrected chi connectivity index (χ1v) is 6.03. The molecule has 0 saturated carbocycles. The third-order valence-electron chi connectivity index (χ3n) is 3.10. The normalized spacial score (nSPS) is 12.9. The average molecular weight is 245 g/mol. The first-order chi connectivity index (χ1) is 8.41.